The Labute approximate surface area is 162 Å². The first-order valence-electron chi connectivity index (χ1n) is 8.96. The number of nitrogens with one attached hydrogen (secondary N) is 2. The van der Waals surface area contributed by atoms with E-state index in [1.165, 1.54) is 12.1 Å². The number of amides is 1. The van der Waals surface area contributed by atoms with Crippen molar-refractivity contribution in [2.24, 2.45) is 0 Å². The zero-order valence-corrected chi connectivity index (χ0v) is 15.2. The molecule has 28 heavy (non-hydrogen) atoms. The summed E-state index contributed by atoms with van der Waals surface area (Å²) < 4.78 is 1.77. The molecule has 0 saturated carbocycles. The van der Waals surface area contributed by atoms with E-state index >= 15 is 0 Å². The lowest BCUT2D eigenvalue weighted by atomic mass is 10.1. The molecule has 0 saturated heterocycles. The minimum Gasteiger partial charge on any atom is -0.385 e. The molecular formula is C20H21N5O3. The molecule has 1 heterocycles. The van der Waals surface area contributed by atoms with Crippen LogP contribution in [-0.4, -0.2) is 27.2 Å². The van der Waals surface area contributed by atoms with Crippen molar-refractivity contribution < 1.29 is 9.72 Å². The molecule has 8 heteroatoms. The van der Waals surface area contributed by atoms with E-state index in [2.05, 4.69) is 15.7 Å². The van der Waals surface area contributed by atoms with Gasteiger partial charge in [-0.15, -0.1) is 0 Å². The van der Waals surface area contributed by atoms with Gasteiger partial charge in [-0.05, 0) is 36.2 Å². The van der Waals surface area contributed by atoms with Crippen molar-refractivity contribution in [3.63, 3.8) is 0 Å². The molecule has 2 aromatic carbocycles. The Hall–Kier alpha value is -3.68. The molecule has 3 rings (SSSR count). The van der Waals surface area contributed by atoms with E-state index in [9.17, 15) is 14.9 Å². The molecule has 0 radical (unpaired) electrons. The zero-order valence-electron chi connectivity index (χ0n) is 15.2. The molecule has 8 nitrogen and oxygen atoms in total. The number of nitro groups is 1. The topological polar surface area (TPSA) is 102 Å². The lowest BCUT2D eigenvalue weighted by molar-refractivity contribution is -0.384. The molecule has 3 aromatic rings. The number of hydrogen-bond acceptors (Lipinski definition) is 5. The first-order valence-corrected chi connectivity index (χ1v) is 8.96. The predicted octanol–water partition coefficient (Wildman–Crippen LogP) is 3.29. The number of carbonyl (C=O) groups excluding carboxylic acids is 1. The summed E-state index contributed by atoms with van der Waals surface area (Å²) in [6.07, 6.45) is 4.63. The second kappa shape index (κ2) is 9.31. The summed E-state index contributed by atoms with van der Waals surface area (Å²) in [6, 6.07) is 15.9. The van der Waals surface area contributed by atoms with Crippen molar-refractivity contribution in [1.82, 2.24) is 15.1 Å². The van der Waals surface area contributed by atoms with Gasteiger partial charge in [0.1, 0.15) is 0 Å². The van der Waals surface area contributed by atoms with E-state index in [0.717, 1.165) is 16.9 Å². The molecule has 0 aliphatic heterocycles. The zero-order chi connectivity index (χ0) is 19.8. The fraction of sp³-hybridized carbons (Fsp3) is 0.200. The van der Waals surface area contributed by atoms with Crippen molar-refractivity contribution in [2.45, 2.75) is 19.4 Å². The lowest BCUT2D eigenvalue weighted by Crippen LogP contribution is -2.24. The largest absolute Gasteiger partial charge is 0.385 e. The van der Waals surface area contributed by atoms with Gasteiger partial charge in [0.05, 0.1) is 10.6 Å². The number of anilines is 1. The average Bonchev–Trinajstić information content (AvgIpc) is 3.25. The quantitative estimate of drug-likeness (QED) is 0.337. The van der Waals surface area contributed by atoms with E-state index in [-0.39, 0.29) is 11.6 Å². The number of rotatable bonds is 9. The van der Waals surface area contributed by atoms with Crippen LogP contribution in [0.15, 0.2) is 67.0 Å². The van der Waals surface area contributed by atoms with Gasteiger partial charge in [0.15, 0.2) is 0 Å². The standard InChI is InChI=1S/C20H21N5O3/c26-20(7-3-12-21-17-8-10-18(11-9-17)25(27)28)22-15-16-5-1-2-6-19(16)24-14-4-13-23-24/h1-2,4-6,8-11,13-14,21H,3,7,12,15H2,(H,22,26). The number of carbonyl (C=O) groups is 1. The summed E-state index contributed by atoms with van der Waals surface area (Å²) in [5.41, 5.74) is 2.77. The van der Waals surface area contributed by atoms with Crippen LogP contribution in [0.4, 0.5) is 11.4 Å². The molecule has 0 aliphatic rings. The number of non-ortho nitro benzene ring substituents is 1. The van der Waals surface area contributed by atoms with Crippen LogP contribution < -0.4 is 10.6 Å². The minimum atomic E-state index is -0.432. The molecule has 0 aliphatic carbocycles. The minimum absolute atomic E-state index is 0.0271. The van der Waals surface area contributed by atoms with E-state index in [0.29, 0.717) is 25.9 Å². The molecule has 0 fully saturated rings. The van der Waals surface area contributed by atoms with E-state index < -0.39 is 4.92 Å². The fourth-order valence-electron chi connectivity index (χ4n) is 2.76. The molecule has 144 valence electrons. The van der Waals surface area contributed by atoms with Crippen LogP contribution in [0.1, 0.15) is 18.4 Å². The molecule has 0 spiro atoms. The first kappa shape index (κ1) is 19.1. The Morgan fingerprint density at radius 1 is 1.11 bits per heavy atom. The van der Waals surface area contributed by atoms with E-state index in [1.54, 1.807) is 23.0 Å². The van der Waals surface area contributed by atoms with Crippen molar-refractivity contribution in [3.05, 3.63) is 82.7 Å². The monoisotopic (exact) mass is 379 g/mol. The van der Waals surface area contributed by atoms with Gasteiger partial charge in [-0.1, -0.05) is 18.2 Å². The highest BCUT2D eigenvalue weighted by Crippen LogP contribution is 2.15. The lowest BCUT2D eigenvalue weighted by Gasteiger charge is -2.11. The number of para-hydroxylation sites is 1. The Bertz CT molecular complexity index is 923. The summed E-state index contributed by atoms with van der Waals surface area (Å²) >= 11 is 0. The maximum Gasteiger partial charge on any atom is 0.269 e. The van der Waals surface area contributed by atoms with Gasteiger partial charge in [-0.3, -0.25) is 14.9 Å². The van der Waals surface area contributed by atoms with Crippen molar-refractivity contribution in [2.75, 3.05) is 11.9 Å². The third-order valence-corrected chi connectivity index (χ3v) is 4.21. The van der Waals surface area contributed by atoms with Crippen LogP contribution in [0.5, 0.6) is 0 Å². The van der Waals surface area contributed by atoms with Crippen molar-refractivity contribution in [3.8, 4) is 5.69 Å². The summed E-state index contributed by atoms with van der Waals surface area (Å²) in [5, 5.41) is 21.0. The first-order chi connectivity index (χ1) is 13.6. The van der Waals surface area contributed by atoms with Gasteiger partial charge in [-0.25, -0.2) is 4.68 Å². The number of nitrogens with zero attached hydrogens (tertiary/aromatic N) is 3. The SMILES string of the molecule is O=C(CCCNc1ccc([N+](=O)[O-])cc1)NCc1ccccc1-n1cccn1. The predicted molar refractivity (Wildman–Crippen MR) is 106 cm³/mol. The highest BCUT2D eigenvalue weighted by atomic mass is 16.6. The van der Waals surface area contributed by atoms with Crippen molar-refractivity contribution in [1.29, 1.82) is 0 Å². The summed E-state index contributed by atoms with van der Waals surface area (Å²) in [5.74, 6) is -0.0271. The molecule has 1 aromatic heterocycles. The molecule has 0 atom stereocenters. The van der Waals surface area contributed by atoms with Crippen LogP contribution in [0, 0.1) is 10.1 Å². The normalized spacial score (nSPS) is 10.4. The highest BCUT2D eigenvalue weighted by Gasteiger charge is 2.07. The Kier molecular flexibility index (Phi) is 6.35. The molecular weight excluding hydrogens is 358 g/mol. The second-order valence-electron chi connectivity index (χ2n) is 6.19. The summed E-state index contributed by atoms with van der Waals surface area (Å²) in [7, 11) is 0. The molecule has 0 bridgehead atoms. The van der Waals surface area contributed by atoms with Crippen LogP contribution in [0.3, 0.4) is 0 Å². The van der Waals surface area contributed by atoms with Gasteiger partial charge < -0.3 is 10.6 Å². The Morgan fingerprint density at radius 3 is 2.61 bits per heavy atom. The van der Waals surface area contributed by atoms with Gasteiger partial charge in [0.2, 0.25) is 5.91 Å². The summed E-state index contributed by atoms with van der Waals surface area (Å²) in [4.78, 5) is 22.3. The fourth-order valence-corrected chi connectivity index (χ4v) is 2.76. The number of aromatic nitrogens is 2. The maximum atomic E-state index is 12.1. The summed E-state index contributed by atoms with van der Waals surface area (Å²) in [6.45, 7) is 1.04. The number of hydrogen-bond donors (Lipinski definition) is 2. The number of nitro benzene ring substituents is 1. The van der Waals surface area contributed by atoms with E-state index in [1.807, 2.05) is 36.5 Å². The Balaban J connectivity index is 1.41. The highest BCUT2D eigenvalue weighted by molar-refractivity contribution is 5.76. The van der Waals surface area contributed by atoms with Gasteiger partial charge in [0, 0.05) is 49.7 Å². The van der Waals surface area contributed by atoms with Crippen LogP contribution in [-0.2, 0) is 11.3 Å². The van der Waals surface area contributed by atoms with Crippen LogP contribution >= 0.6 is 0 Å². The average molecular weight is 379 g/mol. The van der Waals surface area contributed by atoms with Crippen molar-refractivity contribution >= 4 is 17.3 Å². The maximum absolute atomic E-state index is 12.1. The van der Waals surface area contributed by atoms with Gasteiger partial charge in [-0.2, -0.15) is 5.10 Å². The number of benzene rings is 2. The van der Waals surface area contributed by atoms with Crippen LogP contribution in [0.25, 0.3) is 5.69 Å². The van der Waals surface area contributed by atoms with Gasteiger partial charge in [0.25, 0.3) is 5.69 Å². The Morgan fingerprint density at radius 2 is 1.89 bits per heavy atom. The van der Waals surface area contributed by atoms with Gasteiger partial charge >= 0.3 is 0 Å². The van der Waals surface area contributed by atoms with Crippen LogP contribution in [0.2, 0.25) is 0 Å². The van der Waals surface area contributed by atoms with E-state index in [4.69, 9.17) is 0 Å². The molecule has 1 amide bonds. The second-order valence-corrected chi connectivity index (χ2v) is 6.19. The third-order valence-electron chi connectivity index (χ3n) is 4.21. The molecule has 0 unspecified atom stereocenters. The smallest absolute Gasteiger partial charge is 0.269 e. The molecule has 2 N–H and O–H groups in total. The third kappa shape index (κ3) is 5.16.